The maximum Gasteiger partial charge on any atom is 0.240 e. The lowest BCUT2D eigenvalue weighted by atomic mass is 10.2. The fourth-order valence-electron chi connectivity index (χ4n) is 1.81. The van der Waals surface area contributed by atoms with Crippen molar-refractivity contribution in [2.45, 2.75) is 4.90 Å². The number of rotatable bonds is 5. The standard InChI is InChI=1S/C13H17N3O3S/c1-16(2)8-9-19-11-5-6-12(20(14,17)18)13-10(11)4-3-7-15-13/h3-7H,8-9H2,1-2H3,(H2,14,17,18). The van der Waals surface area contributed by atoms with E-state index in [0.717, 1.165) is 6.54 Å². The molecule has 1 aromatic heterocycles. The molecule has 1 heterocycles. The minimum atomic E-state index is -3.81. The molecule has 0 amide bonds. The van der Waals surface area contributed by atoms with Crippen LogP contribution in [0.5, 0.6) is 5.75 Å². The third kappa shape index (κ3) is 3.24. The molecule has 1 aromatic carbocycles. The largest absolute Gasteiger partial charge is 0.492 e. The van der Waals surface area contributed by atoms with Crippen molar-refractivity contribution in [1.29, 1.82) is 0 Å². The molecule has 20 heavy (non-hydrogen) atoms. The number of nitrogens with two attached hydrogens (primary N) is 1. The van der Waals surface area contributed by atoms with Crippen molar-refractivity contribution >= 4 is 20.9 Å². The van der Waals surface area contributed by atoms with Crippen LogP contribution in [-0.2, 0) is 10.0 Å². The lowest BCUT2D eigenvalue weighted by molar-refractivity contribution is 0.263. The Morgan fingerprint density at radius 3 is 2.70 bits per heavy atom. The van der Waals surface area contributed by atoms with E-state index in [1.807, 2.05) is 19.0 Å². The number of fused-ring (bicyclic) bond motifs is 1. The van der Waals surface area contributed by atoms with Crippen LogP contribution in [0.2, 0.25) is 0 Å². The van der Waals surface area contributed by atoms with E-state index >= 15 is 0 Å². The number of benzene rings is 1. The molecule has 0 fully saturated rings. The van der Waals surface area contributed by atoms with Gasteiger partial charge in [0.2, 0.25) is 10.0 Å². The van der Waals surface area contributed by atoms with Gasteiger partial charge in [-0.25, -0.2) is 13.6 Å². The van der Waals surface area contributed by atoms with Gasteiger partial charge in [0.25, 0.3) is 0 Å². The van der Waals surface area contributed by atoms with E-state index in [2.05, 4.69) is 4.98 Å². The number of nitrogens with zero attached hydrogens (tertiary/aromatic N) is 2. The van der Waals surface area contributed by atoms with Crippen LogP contribution in [-0.4, -0.2) is 45.5 Å². The van der Waals surface area contributed by atoms with Gasteiger partial charge in [-0.15, -0.1) is 0 Å². The van der Waals surface area contributed by atoms with Crippen molar-refractivity contribution in [1.82, 2.24) is 9.88 Å². The third-order valence-corrected chi connectivity index (χ3v) is 3.74. The number of ether oxygens (including phenoxy) is 1. The second-order valence-electron chi connectivity index (χ2n) is 4.66. The molecule has 0 unspecified atom stereocenters. The predicted molar refractivity (Wildman–Crippen MR) is 77.2 cm³/mol. The van der Waals surface area contributed by atoms with Crippen LogP contribution in [0.3, 0.4) is 0 Å². The molecule has 0 spiro atoms. The van der Waals surface area contributed by atoms with Crippen LogP contribution in [0.4, 0.5) is 0 Å². The number of primary sulfonamides is 1. The summed E-state index contributed by atoms with van der Waals surface area (Å²) in [6.07, 6.45) is 1.53. The molecule has 6 nitrogen and oxygen atoms in total. The molecule has 2 N–H and O–H groups in total. The zero-order chi connectivity index (χ0) is 14.8. The number of sulfonamides is 1. The Kier molecular flexibility index (Phi) is 4.22. The van der Waals surface area contributed by atoms with E-state index in [1.54, 1.807) is 18.2 Å². The molecule has 7 heteroatoms. The zero-order valence-corrected chi connectivity index (χ0v) is 12.2. The summed E-state index contributed by atoms with van der Waals surface area (Å²) in [6.45, 7) is 1.27. The van der Waals surface area contributed by atoms with E-state index in [9.17, 15) is 8.42 Å². The summed E-state index contributed by atoms with van der Waals surface area (Å²) in [5.74, 6) is 0.599. The summed E-state index contributed by atoms with van der Waals surface area (Å²) >= 11 is 0. The summed E-state index contributed by atoms with van der Waals surface area (Å²) in [5, 5.41) is 5.83. The quantitative estimate of drug-likeness (QED) is 0.882. The molecule has 0 saturated heterocycles. The smallest absolute Gasteiger partial charge is 0.240 e. The minimum Gasteiger partial charge on any atom is -0.492 e. The first kappa shape index (κ1) is 14.7. The van der Waals surface area contributed by atoms with E-state index in [0.29, 0.717) is 23.3 Å². The van der Waals surface area contributed by atoms with Gasteiger partial charge in [-0.3, -0.25) is 4.98 Å². The average Bonchev–Trinajstić information content (AvgIpc) is 2.37. The summed E-state index contributed by atoms with van der Waals surface area (Å²) < 4.78 is 28.8. The number of hydrogen-bond acceptors (Lipinski definition) is 5. The van der Waals surface area contributed by atoms with Crippen LogP contribution in [0.1, 0.15) is 0 Å². The van der Waals surface area contributed by atoms with Crippen molar-refractivity contribution in [3.05, 3.63) is 30.5 Å². The maximum atomic E-state index is 11.6. The highest BCUT2D eigenvalue weighted by Crippen LogP contribution is 2.28. The molecule has 0 atom stereocenters. The molecule has 0 aliphatic rings. The number of hydrogen-bond donors (Lipinski definition) is 1. The van der Waals surface area contributed by atoms with E-state index < -0.39 is 10.0 Å². The Hall–Kier alpha value is -1.70. The molecule has 0 bridgehead atoms. The lowest BCUT2D eigenvalue weighted by Gasteiger charge is -2.13. The third-order valence-electron chi connectivity index (χ3n) is 2.80. The maximum absolute atomic E-state index is 11.6. The van der Waals surface area contributed by atoms with Gasteiger partial charge in [0.1, 0.15) is 17.3 Å². The molecule has 2 rings (SSSR count). The summed E-state index contributed by atoms with van der Waals surface area (Å²) in [7, 11) is 0.0966. The van der Waals surface area contributed by atoms with E-state index in [1.165, 1.54) is 12.3 Å². The highest BCUT2D eigenvalue weighted by molar-refractivity contribution is 7.89. The zero-order valence-electron chi connectivity index (χ0n) is 11.4. The van der Waals surface area contributed by atoms with Crippen LogP contribution >= 0.6 is 0 Å². The van der Waals surface area contributed by atoms with Gasteiger partial charge in [-0.2, -0.15) is 0 Å². The van der Waals surface area contributed by atoms with Gasteiger partial charge >= 0.3 is 0 Å². The molecule has 0 saturated carbocycles. The van der Waals surface area contributed by atoms with Gasteiger partial charge in [0.15, 0.2) is 0 Å². The average molecular weight is 295 g/mol. The van der Waals surface area contributed by atoms with Gasteiger partial charge in [-0.05, 0) is 38.4 Å². The first-order valence-corrected chi connectivity index (χ1v) is 7.62. The molecule has 108 valence electrons. The molecule has 0 radical (unpaired) electrons. The fraction of sp³-hybridized carbons (Fsp3) is 0.308. The summed E-state index contributed by atoms with van der Waals surface area (Å²) in [6, 6.07) is 6.53. The first-order chi connectivity index (χ1) is 9.39. The normalized spacial score (nSPS) is 12.0. The van der Waals surface area contributed by atoms with Gasteiger partial charge < -0.3 is 9.64 Å². The van der Waals surface area contributed by atoms with Crippen LogP contribution in [0.15, 0.2) is 35.4 Å². The van der Waals surface area contributed by atoms with Crippen LogP contribution < -0.4 is 9.88 Å². The fourth-order valence-corrected chi connectivity index (χ4v) is 2.50. The summed E-state index contributed by atoms with van der Waals surface area (Å²) in [4.78, 5) is 6.11. The van der Waals surface area contributed by atoms with Crippen molar-refractivity contribution in [2.24, 2.45) is 5.14 Å². The van der Waals surface area contributed by atoms with E-state index in [-0.39, 0.29) is 4.90 Å². The lowest BCUT2D eigenvalue weighted by Crippen LogP contribution is -2.19. The highest BCUT2D eigenvalue weighted by atomic mass is 32.2. The molecular formula is C13H17N3O3S. The monoisotopic (exact) mass is 295 g/mol. The SMILES string of the molecule is CN(C)CCOc1ccc(S(N)(=O)=O)c2ncccc12. The topological polar surface area (TPSA) is 85.5 Å². The number of likely N-dealkylation sites (N-methyl/N-ethyl adjacent to an activating group) is 1. The number of aromatic nitrogens is 1. The Morgan fingerprint density at radius 1 is 1.30 bits per heavy atom. The summed E-state index contributed by atoms with van der Waals surface area (Å²) in [5.41, 5.74) is 0.331. The second kappa shape index (κ2) is 5.74. The van der Waals surface area contributed by atoms with Crippen molar-refractivity contribution < 1.29 is 13.2 Å². The van der Waals surface area contributed by atoms with Crippen LogP contribution in [0.25, 0.3) is 10.9 Å². The minimum absolute atomic E-state index is 0.00746. The van der Waals surface area contributed by atoms with Crippen molar-refractivity contribution in [2.75, 3.05) is 27.2 Å². The Bertz CT molecular complexity index is 714. The Labute approximate surface area is 118 Å². The van der Waals surface area contributed by atoms with Gasteiger partial charge in [0.05, 0.1) is 5.52 Å². The predicted octanol–water partition coefficient (Wildman–Crippen LogP) is 0.823. The van der Waals surface area contributed by atoms with Crippen LogP contribution in [0, 0.1) is 0 Å². The Morgan fingerprint density at radius 2 is 2.05 bits per heavy atom. The molecule has 0 aliphatic heterocycles. The molecule has 2 aromatic rings. The molecular weight excluding hydrogens is 278 g/mol. The Balaban J connectivity index is 2.44. The van der Waals surface area contributed by atoms with E-state index in [4.69, 9.17) is 9.88 Å². The van der Waals surface area contributed by atoms with Gasteiger partial charge in [0, 0.05) is 18.1 Å². The number of pyridine rings is 1. The van der Waals surface area contributed by atoms with Gasteiger partial charge in [-0.1, -0.05) is 0 Å². The van der Waals surface area contributed by atoms with Crippen molar-refractivity contribution in [3.8, 4) is 5.75 Å². The highest BCUT2D eigenvalue weighted by Gasteiger charge is 2.16. The molecule has 0 aliphatic carbocycles. The second-order valence-corrected chi connectivity index (χ2v) is 6.19. The van der Waals surface area contributed by atoms with Crippen molar-refractivity contribution in [3.63, 3.8) is 0 Å². The first-order valence-electron chi connectivity index (χ1n) is 6.07.